The molecule has 4 nitrogen and oxygen atoms in total. The van der Waals surface area contributed by atoms with Crippen molar-refractivity contribution in [2.45, 2.75) is 34.6 Å². The molecule has 0 unspecified atom stereocenters. The third-order valence-electron chi connectivity index (χ3n) is 1.25. The van der Waals surface area contributed by atoms with Gasteiger partial charge in [0.15, 0.2) is 0 Å². The van der Waals surface area contributed by atoms with Gasteiger partial charge in [0.2, 0.25) is 0 Å². The van der Waals surface area contributed by atoms with E-state index in [0.717, 1.165) is 0 Å². The molecular weight excluding hydrogens is 292 g/mol. The summed E-state index contributed by atoms with van der Waals surface area (Å²) in [5.74, 6) is -0.979. The minimum Gasteiger partial charge on any atom is -0.459 e. The summed E-state index contributed by atoms with van der Waals surface area (Å²) in [6.45, 7) is 25.7. The Bertz CT molecular complexity index is 337. The minimum atomic E-state index is -0.489. The number of allylic oxidation sites excluding steroid dienone is 3. The van der Waals surface area contributed by atoms with Crippen molar-refractivity contribution in [3.8, 4) is 0 Å². The van der Waals surface area contributed by atoms with E-state index in [9.17, 15) is 9.59 Å². The number of ether oxygens (including phenoxy) is 2. The topological polar surface area (TPSA) is 52.6 Å². The average molecular weight is 324 g/mol. The van der Waals surface area contributed by atoms with Gasteiger partial charge >= 0.3 is 11.9 Å². The summed E-state index contributed by atoms with van der Waals surface area (Å²) in [4.78, 5) is 21.7. The van der Waals surface area contributed by atoms with Crippen LogP contribution >= 0.6 is 0 Å². The Kier molecular flexibility index (Phi) is 30.8. The average Bonchev–Trinajstić information content (AvgIpc) is 2.45. The van der Waals surface area contributed by atoms with E-state index in [1.807, 2.05) is 20.8 Å². The van der Waals surface area contributed by atoms with Crippen molar-refractivity contribution in [1.82, 2.24) is 0 Å². The van der Waals surface area contributed by atoms with Crippen LogP contribution in [0.25, 0.3) is 0 Å². The number of hydrogen-bond donors (Lipinski definition) is 0. The van der Waals surface area contributed by atoms with Gasteiger partial charge in [0.25, 0.3) is 0 Å². The third kappa shape index (κ3) is 38.3. The van der Waals surface area contributed by atoms with E-state index in [1.54, 1.807) is 32.1 Å². The molecule has 0 N–H and O–H groups in total. The van der Waals surface area contributed by atoms with Crippen LogP contribution in [0.1, 0.15) is 34.6 Å². The second kappa shape index (κ2) is 24.6. The van der Waals surface area contributed by atoms with E-state index in [0.29, 0.717) is 11.1 Å². The van der Waals surface area contributed by atoms with Gasteiger partial charge in [-0.3, -0.25) is 0 Å². The van der Waals surface area contributed by atoms with Crippen LogP contribution in [0.3, 0.4) is 0 Å². The van der Waals surface area contributed by atoms with Crippen molar-refractivity contribution in [3.63, 3.8) is 0 Å². The van der Waals surface area contributed by atoms with Gasteiger partial charge in [-0.15, -0.1) is 19.7 Å². The van der Waals surface area contributed by atoms with Crippen molar-refractivity contribution < 1.29 is 19.1 Å². The summed E-state index contributed by atoms with van der Waals surface area (Å²) in [5.41, 5.74) is 0.632. The molecule has 0 aromatic carbocycles. The zero-order valence-electron chi connectivity index (χ0n) is 15.3. The molecule has 0 fully saturated rings. The largest absolute Gasteiger partial charge is 0.459 e. The van der Waals surface area contributed by atoms with Crippen molar-refractivity contribution >= 4 is 11.9 Å². The zero-order chi connectivity index (χ0) is 19.3. The fraction of sp³-hybridized carbons (Fsp3) is 0.368. The third-order valence-corrected chi connectivity index (χ3v) is 1.25. The summed E-state index contributed by atoms with van der Waals surface area (Å²) in [6.07, 6.45) is 5.25. The number of carbonyl (C=O) groups excluding carboxylic acids is 2. The Morgan fingerprint density at radius 1 is 0.739 bits per heavy atom. The molecule has 0 saturated heterocycles. The Labute approximate surface area is 141 Å². The molecule has 0 aliphatic heterocycles. The number of esters is 2. The molecule has 0 heterocycles. The van der Waals surface area contributed by atoms with Crippen LogP contribution in [0.15, 0.2) is 62.3 Å². The molecule has 0 aliphatic rings. The highest BCUT2D eigenvalue weighted by Gasteiger charge is 2.05. The Morgan fingerprint density at radius 3 is 1.04 bits per heavy atom. The van der Waals surface area contributed by atoms with Crippen LogP contribution in [-0.2, 0) is 19.1 Å². The lowest BCUT2D eigenvalue weighted by Gasteiger charge is -2.05. The van der Waals surface area contributed by atoms with E-state index >= 15 is 0 Å². The molecule has 0 rings (SSSR count). The molecule has 0 radical (unpaired) electrons. The predicted octanol–water partition coefficient (Wildman–Crippen LogP) is 4.80. The molecule has 0 aliphatic carbocycles. The Morgan fingerprint density at radius 2 is 0.913 bits per heavy atom. The highest BCUT2D eigenvalue weighted by molar-refractivity contribution is 5.87. The second-order valence-electron chi connectivity index (χ2n) is 4.06. The standard InChI is InChI=1S/C10H14O4.3C3H6/c1-7(2)9(11)13-5-6-14-10(12)8(3)4;3*1-3-2/h1,3,5-6H2,2,4H3;3*3H,1H2,2H3. The molecule has 4 heteroatoms. The fourth-order valence-corrected chi connectivity index (χ4v) is 0.515. The normalized spacial score (nSPS) is 7.17. The first-order chi connectivity index (χ1) is 10.7. The van der Waals surface area contributed by atoms with Gasteiger partial charge in [-0.1, -0.05) is 31.4 Å². The summed E-state index contributed by atoms with van der Waals surface area (Å²) >= 11 is 0. The van der Waals surface area contributed by atoms with E-state index < -0.39 is 11.9 Å². The van der Waals surface area contributed by atoms with Crippen LogP contribution in [0.5, 0.6) is 0 Å². The summed E-state index contributed by atoms with van der Waals surface area (Å²) in [5, 5.41) is 0. The molecule has 0 spiro atoms. The van der Waals surface area contributed by atoms with Crippen molar-refractivity contribution in [2.24, 2.45) is 0 Å². The molecule has 0 saturated carbocycles. The molecule has 0 atom stereocenters. The van der Waals surface area contributed by atoms with Gasteiger partial charge in [-0.25, -0.2) is 9.59 Å². The van der Waals surface area contributed by atoms with Crippen LogP contribution in [0, 0.1) is 0 Å². The molecule has 0 aromatic rings. The SMILES string of the molecule is C=C(C)C(=O)OCCOC(=O)C(=C)C.C=CC.C=CC.C=CC. The number of hydrogen-bond acceptors (Lipinski definition) is 4. The summed E-state index contributed by atoms with van der Waals surface area (Å²) < 4.78 is 9.38. The molecule has 0 aromatic heterocycles. The maximum Gasteiger partial charge on any atom is 0.333 e. The van der Waals surface area contributed by atoms with E-state index in [4.69, 9.17) is 0 Å². The predicted molar refractivity (Wildman–Crippen MR) is 99.2 cm³/mol. The highest BCUT2D eigenvalue weighted by atomic mass is 16.6. The highest BCUT2D eigenvalue weighted by Crippen LogP contribution is 1.94. The van der Waals surface area contributed by atoms with Crippen molar-refractivity contribution in [2.75, 3.05) is 13.2 Å². The quantitative estimate of drug-likeness (QED) is 0.315. The first-order valence-electron chi connectivity index (χ1n) is 7.06. The first-order valence-corrected chi connectivity index (χ1v) is 7.06. The molecule has 0 amide bonds. The monoisotopic (exact) mass is 324 g/mol. The van der Waals surface area contributed by atoms with E-state index in [1.165, 1.54) is 0 Å². The molecular formula is C19H32O4. The maximum atomic E-state index is 10.8. The Balaban J connectivity index is -0.000000166. The second-order valence-corrected chi connectivity index (χ2v) is 4.06. The van der Waals surface area contributed by atoms with Gasteiger partial charge < -0.3 is 9.47 Å². The van der Waals surface area contributed by atoms with Crippen LogP contribution in [0.4, 0.5) is 0 Å². The number of carbonyl (C=O) groups is 2. The van der Waals surface area contributed by atoms with Crippen LogP contribution in [0.2, 0.25) is 0 Å². The van der Waals surface area contributed by atoms with Gasteiger partial charge in [-0.05, 0) is 34.6 Å². The van der Waals surface area contributed by atoms with Crippen LogP contribution < -0.4 is 0 Å². The maximum absolute atomic E-state index is 10.8. The molecule has 0 bridgehead atoms. The summed E-state index contributed by atoms with van der Waals surface area (Å²) in [7, 11) is 0. The summed E-state index contributed by atoms with van der Waals surface area (Å²) in [6, 6.07) is 0. The smallest absolute Gasteiger partial charge is 0.333 e. The number of rotatable bonds is 5. The Hall–Kier alpha value is -2.36. The van der Waals surface area contributed by atoms with Crippen molar-refractivity contribution in [1.29, 1.82) is 0 Å². The lowest BCUT2D eigenvalue weighted by Crippen LogP contribution is -2.14. The first kappa shape index (κ1) is 28.8. The van der Waals surface area contributed by atoms with Gasteiger partial charge in [0.1, 0.15) is 13.2 Å². The lowest BCUT2D eigenvalue weighted by molar-refractivity contribution is -0.147. The van der Waals surface area contributed by atoms with Gasteiger partial charge in [0, 0.05) is 11.1 Å². The van der Waals surface area contributed by atoms with E-state index in [2.05, 4.69) is 42.4 Å². The molecule has 132 valence electrons. The van der Waals surface area contributed by atoms with E-state index in [-0.39, 0.29) is 13.2 Å². The zero-order valence-corrected chi connectivity index (χ0v) is 15.3. The van der Waals surface area contributed by atoms with Crippen LogP contribution in [-0.4, -0.2) is 25.2 Å². The minimum absolute atomic E-state index is 0.0325. The van der Waals surface area contributed by atoms with Crippen molar-refractivity contribution in [3.05, 3.63) is 62.3 Å². The molecule has 23 heavy (non-hydrogen) atoms. The van der Waals surface area contributed by atoms with Gasteiger partial charge in [-0.2, -0.15) is 0 Å². The fourth-order valence-electron chi connectivity index (χ4n) is 0.515. The van der Waals surface area contributed by atoms with Gasteiger partial charge in [0.05, 0.1) is 0 Å². The lowest BCUT2D eigenvalue weighted by atomic mass is 10.4.